The maximum Gasteiger partial charge on any atom is 0.506 e. The number of hydrogen-bond donors (Lipinski definition) is 2. The van der Waals surface area contributed by atoms with Gasteiger partial charge >= 0.3 is 12.2 Å². The fourth-order valence-electron chi connectivity index (χ4n) is 1.66. The van der Waals surface area contributed by atoms with Gasteiger partial charge in [-0.1, -0.05) is 0 Å². The van der Waals surface area contributed by atoms with Crippen molar-refractivity contribution in [2.75, 3.05) is 5.32 Å². The summed E-state index contributed by atoms with van der Waals surface area (Å²) in [5.74, 6) is 0. The Morgan fingerprint density at radius 3 is 2.73 bits per heavy atom. The number of carbonyl (C=O) groups is 2. The van der Waals surface area contributed by atoms with Crippen molar-refractivity contribution in [2.24, 2.45) is 0 Å². The van der Waals surface area contributed by atoms with E-state index in [-0.39, 0.29) is 6.61 Å². The highest BCUT2D eigenvalue weighted by Crippen LogP contribution is 2.25. The Morgan fingerprint density at radius 2 is 2.09 bits per heavy atom. The van der Waals surface area contributed by atoms with Crippen LogP contribution in [0.15, 0.2) is 18.2 Å². The molecule has 0 atom stereocenters. The summed E-state index contributed by atoms with van der Waals surface area (Å²) in [6, 6.07) is 5.22. The smallest absolute Gasteiger partial charge is 0.450 e. The van der Waals surface area contributed by atoms with Gasteiger partial charge in [0.25, 0.3) is 0 Å². The summed E-state index contributed by atoms with van der Waals surface area (Å²) in [5.41, 5.74) is 0.635. The van der Waals surface area contributed by atoms with Crippen LogP contribution in [0.2, 0.25) is 0 Å². The first-order valence-corrected chi connectivity index (χ1v) is 7.30. The molecule has 0 fully saturated rings. The van der Waals surface area contributed by atoms with E-state index in [1.54, 1.807) is 39.0 Å². The second-order valence-corrected chi connectivity index (χ2v) is 6.59. The van der Waals surface area contributed by atoms with E-state index in [1.165, 1.54) is 11.3 Å². The van der Waals surface area contributed by atoms with Crippen LogP contribution in [0, 0.1) is 0 Å². The van der Waals surface area contributed by atoms with Crippen molar-refractivity contribution in [2.45, 2.75) is 33.0 Å². The molecule has 0 aliphatic heterocycles. The zero-order valence-electron chi connectivity index (χ0n) is 12.4. The van der Waals surface area contributed by atoms with Crippen molar-refractivity contribution in [1.29, 1.82) is 0 Å². The third kappa shape index (κ3) is 4.59. The molecule has 1 heterocycles. The Bertz CT molecular complexity index is 705. The van der Waals surface area contributed by atoms with Crippen LogP contribution < -0.4 is 5.32 Å². The molecule has 0 bridgehead atoms. The summed E-state index contributed by atoms with van der Waals surface area (Å²) < 4.78 is 10.5. The van der Waals surface area contributed by atoms with Crippen LogP contribution in [0.5, 0.6) is 0 Å². The number of ether oxygens (including phenoxy) is 2. The van der Waals surface area contributed by atoms with E-state index in [4.69, 9.17) is 9.84 Å². The summed E-state index contributed by atoms with van der Waals surface area (Å²) in [7, 11) is 0. The highest BCUT2D eigenvalue weighted by Gasteiger charge is 2.16. The van der Waals surface area contributed by atoms with Crippen LogP contribution in [-0.4, -0.2) is 27.9 Å². The number of thiazole rings is 1. The number of carbonyl (C=O) groups excluding carboxylic acids is 1. The second kappa shape index (κ2) is 6.18. The lowest BCUT2D eigenvalue weighted by Gasteiger charge is -2.19. The molecule has 0 saturated carbocycles. The number of nitrogens with one attached hydrogen (secondary N) is 1. The first-order chi connectivity index (χ1) is 10.2. The van der Waals surface area contributed by atoms with E-state index in [0.29, 0.717) is 16.2 Å². The Kier molecular flexibility index (Phi) is 4.51. The third-order valence-corrected chi connectivity index (χ3v) is 3.41. The molecular formula is C14H16N2O5S. The van der Waals surface area contributed by atoms with Crippen LogP contribution >= 0.6 is 11.3 Å². The number of fused-ring (bicyclic) bond motifs is 1. The highest BCUT2D eigenvalue weighted by molar-refractivity contribution is 7.18. The molecule has 0 saturated heterocycles. The molecule has 2 N–H and O–H groups in total. The lowest BCUT2D eigenvalue weighted by Crippen LogP contribution is -2.27. The van der Waals surface area contributed by atoms with Gasteiger partial charge in [0.1, 0.15) is 17.2 Å². The van der Waals surface area contributed by atoms with Gasteiger partial charge in [0, 0.05) is 5.69 Å². The molecule has 0 aliphatic carbocycles. The summed E-state index contributed by atoms with van der Waals surface area (Å²) in [6.45, 7) is 5.25. The summed E-state index contributed by atoms with van der Waals surface area (Å²) >= 11 is 1.33. The van der Waals surface area contributed by atoms with E-state index in [9.17, 15) is 9.59 Å². The van der Waals surface area contributed by atoms with E-state index in [2.05, 4.69) is 15.0 Å². The van der Waals surface area contributed by atoms with Crippen LogP contribution in [0.25, 0.3) is 10.2 Å². The van der Waals surface area contributed by atoms with Crippen LogP contribution in [-0.2, 0) is 16.1 Å². The fourth-order valence-corrected chi connectivity index (χ4v) is 2.52. The lowest BCUT2D eigenvalue weighted by molar-refractivity contribution is 0.0635. The molecule has 8 heteroatoms. The predicted molar refractivity (Wildman–Crippen MR) is 82.3 cm³/mol. The Labute approximate surface area is 130 Å². The maximum absolute atomic E-state index is 11.7. The molecule has 2 rings (SSSR count). The van der Waals surface area contributed by atoms with Crippen LogP contribution in [0.3, 0.4) is 0 Å². The van der Waals surface area contributed by atoms with Crippen molar-refractivity contribution in [3.8, 4) is 0 Å². The molecule has 7 nitrogen and oxygen atoms in total. The Morgan fingerprint density at radius 1 is 1.36 bits per heavy atom. The fraction of sp³-hybridized carbons (Fsp3) is 0.357. The molecule has 0 spiro atoms. The average molecular weight is 324 g/mol. The molecule has 0 unspecified atom stereocenters. The van der Waals surface area contributed by atoms with Gasteiger partial charge < -0.3 is 14.6 Å². The van der Waals surface area contributed by atoms with Crippen molar-refractivity contribution >= 4 is 39.5 Å². The first kappa shape index (κ1) is 16.0. The molecule has 2 aromatic rings. The number of rotatable bonds is 3. The minimum Gasteiger partial charge on any atom is -0.450 e. The van der Waals surface area contributed by atoms with Crippen LogP contribution in [0.1, 0.15) is 25.8 Å². The van der Waals surface area contributed by atoms with Gasteiger partial charge in [0.2, 0.25) is 0 Å². The quantitative estimate of drug-likeness (QED) is 0.832. The standard InChI is InChI=1S/C14H16N2O5S/c1-14(2,3)21-12(17)15-8-4-5-10-9(6-8)16-11(22-10)7-20-13(18)19/h4-6H,7H2,1-3H3,(H,15,17)(H,18,19). The van der Waals surface area contributed by atoms with Crippen molar-refractivity contribution in [3.63, 3.8) is 0 Å². The van der Waals surface area contributed by atoms with Gasteiger partial charge in [-0.3, -0.25) is 5.32 Å². The molecular weight excluding hydrogens is 308 g/mol. The van der Waals surface area contributed by atoms with Gasteiger partial charge in [-0.25, -0.2) is 14.6 Å². The van der Waals surface area contributed by atoms with Crippen molar-refractivity contribution < 1.29 is 24.2 Å². The molecule has 1 aromatic heterocycles. The summed E-state index contributed by atoms with van der Waals surface area (Å²) in [4.78, 5) is 26.3. The maximum atomic E-state index is 11.7. The van der Waals surface area contributed by atoms with E-state index >= 15 is 0 Å². The van der Waals surface area contributed by atoms with Gasteiger partial charge in [-0.15, -0.1) is 11.3 Å². The largest absolute Gasteiger partial charge is 0.506 e. The summed E-state index contributed by atoms with van der Waals surface area (Å²) in [5, 5.41) is 11.7. The molecule has 0 aliphatic rings. The zero-order valence-corrected chi connectivity index (χ0v) is 13.2. The molecule has 1 aromatic carbocycles. The number of anilines is 1. The van der Waals surface area contributed by atoms with Crippen molar-refractivity contribution in [3.05, 3.63) is 23.2 Å². The topological polar surface area (TPSA) is 97.8 Å². The molecule has 118 valence electrons. The van der Waals surface area contributed by atoms with E-state index < -0.39 is 17.8 Å². The normalized spacial score (nSPS) is 11.2. The predicted octanol–water partition coefficient (Wildman–Crippen LogP) is 3.84. The van der Waals surface area contributed by atoms with Crippen molar-refractivity contribution in [1.82, 2.24) is 4.98 Å². The van der Waals surface area contributed by atoms with E-state index in [1.807, 2.05) is 0 Å². The minimum absolute atomic E-state index is 0.0937. The number of benzene rings is 1. The molecule has 22 heavy (non-hydrogen) atoms. The number of amides is 1. The molecule has 0 radical (unpaired) electrons. The highest BCUT2D eigenvalue weighted by atomic mass is 32.1. The third-order valence-electron chi connectivity index (χ3n) is 2.40. The van der Waals surface area contributed by atoms with Gasteiger partial charge in [-0.2, -0.15) is 0 Å². The Balaban J connectivity index is 2.09. The van der Waals surface area contributed by atoms with E-state index in [0.717, 1.165) is 4.70 Å². The number of carboxylic acid groups (broad SMARTS) is 1. The van der Waals surface area contributed by atoms with Crippen LogP contribution in [0.4, 0.5) is 15.3 Å². The summed E-state index contributed by atoms with van der Waals surface area (Å²) in [6.07, 6.45) is -1.89. The SMILES string of the molecule is CC(C)(C)OC(=O)Nc1ccc2sc(COC(=O)O)nc2c1. The number of aromatic nitrogens is 1. The first-order valence-electron chi connectivity index (χ1n) is 6.48. The molecule has 1 amide bonds. The van der Waals surface area contributed by atoms with Gasteiger partial charge in [0.05, 0.1) is 10.2 Å². The zero-order chi connectivity index (χ0) is 16.3. The Hall–Kier alpha value is -2.35. The number of nitrogens with zero attached hydrogens (tertiary/aromatic N) is 1. The average Bonchev–Trinajstić information content (AvgIpc) is 2.76. The van der Waals surface area contributed by atoms with Gasteiger partial charge in [-0.05, 0) is 39.0 Å². The second-order valence-electron chi connectivity index (χ2n) is 5.47. The minimum atomic E-state index is -1.34. The van der Waals surface area contributed by atoms with Gasteiger partial charge in [0.15, 0.2) is 0 Å². The monoisotopic (exact) mass is 324 g/mol. The number of hydrogen-bond acceptors (Lipinski definition) is 6. The lowest BCUT2D eigenvalue weighted by atomic mass is 10.2.